The molecule has 5 heteroatoms. The van der Waals surface area contributed by atoms with E-state index in [1.807, 2.05) is 40.9 Å². The molecular formula is C43H26N2OS2. The van der Waals surface area contributed by atoms with Gasteiger partial charge in [-0.25, -0.2) is 4.98 Å². The normalized spacial score (nSPS) is 11.8. The summed E-state index contributed by atoms with van der Waals surface area (Å²) in [6, 6.07) is 56.0. The summed E-state index contributed by atoms with van der Waals surface area (Å²) >= 11 is 3.65. The minimum Gasteiger partial charge on any atom is -0.435 e. The highest BCUT2D eigenvalue weighted by atomic mass is 32.1. The lowest BCUT2D eigenvalue weighted by Crippen LogP contribution is -2.11. The van der Waals surface area contributed by atoms with E-state index in [-0.39, 0.29) is 0 Å². The summed E-state index contributed by atoms with van der Waals surface area (Å²) in [6.07, 6.45) is 0. The van der Waals surface area contributed by atoms with E-state index >= 15 is 0 Å². The summed E-state index contributed by atoms with van der Waals surface area (Å²) in [4.78, 5) is 7.55. The molecule has 0 saturated heterocycles. The Balaban J connectivity index is 1.31. The van der Waals surface area contributed by atoms with Gasteiger partial charge in [-0.3, -0.25) is 0 Å². The number of nitrogens with zero attached hydrogens (tertiary/aromatic N) is 2. The maximum Gasteiger partial charge on any atom is 0.227 e. The predicted molar refractivity (Wildman–Crippen MR) is 205 cm³/mol. The van der Waals surface area contributed by atoms with Gasteiger partial charge in [0, 0.05) is 52.5 Å². The first-order valence-corrected chi connectivity index (χ1v) is 17.6. The molecule has 10 aromatic rings. The fourth-order valence-electron chi connectivity index (χ4n) is 6.92. The SMILES string of the molecule is c1ccc(-c2nc3cc(N(c4ccc5c(c4)sc4ccccc45)c4ccccc4-c4ccccc4)c4sc5ccccc5c4c3o2)cc1. The molecule has 0 fully saturated rings. The molecule has 0 aliphatic rings. The van der Waals surface area contributed by atoms with E-state index in [0.29, 0.717) is 5.89 Å². The van der Waals surface area contributed by atoms with E-state index in [9.17, 15) is 0 Å². The van der Waals surface area contributed by atoms with E-state index in [1.165, 1.54) is 40.5 Å². The van der Waals surface area contributed by atoms with Crippen molar-refractivity contribution in [2.45, 2.75) is 0 Å². The van der Waals surface area contributed by atoms with Gasteiger partial charge in [-0.05, 0) is 54.1 Å². The van der Waals surface area contributed by atoms with Crippen LogP contribution in [0.2, 0.25) is 0 Å². The zero-order valence-corrected chi connectivity index (χ0v) is 27.3. The highest BCUT2D eigenvalue weighted by Gasteiger charge is 2.25. The minimum absolute atomic E-state index is 0.627. The van der Waals surface area contributed by atoms with Gasteiger partial charge < -0.3 is 9.32 Å². The van der Waals surface area contributed by atoms with Crippen LogP contribution in [0.5, 0.6) is 0 Å². The lowest BCUT2D eigenvalue weighted by molar-refractivity contribution is 0.623. The van der Waals surface area contributed by atoms with Gasteiger partial charge in [0.05, 0.1) is 16.1 Å². The van der Waals surface area contributed by atoms with E-state index in [2.05, 4.69) is 144 Å². The quantitative estimate of drug-likeness (QED) is 0.186. The second-order valence-corrected chi connectivity index (χ2v) is 14.1. The number of aromatic nitrogens is 1. The zero-order chi connectivity index (χ0) is 31.6. The van der Waals surface area contributed by atoms with Gasteiger partial charge in [0.25, 0.3) is 0 Å². The summed E-state index contributed by atoms with van der Waals surface area (Å²) in [5.74, 6) is 0.627. The molecule has 0 aliphatic heterocycles. The first kappa shape index (κ1) is 27.4. The van der Waals surface area contributed by atoms with Crippen LogP contribution in [0, 0.1) is 0 Å². The van der Waals surface area contributed by atoms with Crippen molar-refractivity contribution in [3.63, 3.8) is 0 Å². The van der Waals surface area contributed by atoms with E-state index in [1.54, 1.807) is 0 Å². The van der Waals surface area contributed by atoms with Crippen molar-refractivity contribution in [1.82, 2.24) is 4.98 Å². The Morgan fingerprint density at radius 1 is 0.500 bits per heavy atom. The number of benzene rings is 7. The highest BCUT2D eigenvalue weighted by Crippen LogP contribution is 2.50. The maximum absolute atomic E-state index is 6.64. The van der Waals surface area contributed by atoms with Gasteiger partial charge in [-0.15, -0.1) is 22.7 Å². The Labute approximate surface area is 284 Å². The van der Waals surface area contributed by atoms with E-state index in [0.717, 1.165) is 44.7 Å². The Bertz CT molecular complexity index is 2790. The van der Waals surface area contributed by atoms with E-state index < -0.39 is 0 Å². The second kappa shape index (κ2) is 10.9. The molecule has 0 N–H and O–H groups in total. The third kappa shape index (κ3) is 4.29. The van der Waals surface area contributed by atoms with Gasteiger partial charge in [0.2, 0.25) is 5.89 Å². The molecule has 3 nitrogen and oxygen atoms in total. The molecule has 3 aromatic heterocycles. The smallest absolute Gasteiger partial charge is 0.227 e. The average molecular weight is 651 g/mol. The number of para-hydroxylation sites is 1. The molecule has 10 rings (SSSR count). The third-order valence-corrected chi connectivity index (χ3v) is 11.4. The molecule has 226 valence electrons. The molecule has 0 bridgehead atoms. The van der Waals surface area contributed by atoms with Gasteiger partial charge in [0.1, 0.15) is 5.52 Å². The first-order chi connectivity index (χ1) is 23.8. The van der Waals surface area contributed by atoms with Crippen molar-refractivity contribution in [2.24, 2.45) is 0 Å². The van der Waals surface area contributed by atoms with Crippen LogP contribution in [0.25, 0.3) is 74.0 Å². The first-order valence-electron chi connectivity index (χ1n) is 16.0. The summed E-state index contributed by atoms with van der Waals surface area (Å²) < 4.78 is 11.6. The van der Waals surface area contributed by atoms with Crippen LogP contribution in [0.1, 0.15) is 0 Å². The molecule has 48 heavy (non-hydrogen) atoms. The van der Waals surface area contributed by atoms with Gasteiger partial charge in [0.15, 0.2) is 5.58 Å². The summed E-state index contributed by atoms with van der Waals surface area (Å²) in [6.45, 7) is 0. The van der Waals surface area contributed by atoms with Gasteiger partial charge in [-0.1, -0.05) is 109 Å². The fourth-order valence-corrected chi connectivity index (χ4v) is 9.26. The second-order valence-electron chi connectivity index (χ2n) is 11.9. The number of hydrogen-bond acceptors (Lipinski definition) is 5. The minimum atomic E-state index is 0.627. The molecule has 3 heterocycles. The van der Waals surface area contributed by atoms with Crippen molar-refractivity contribution in [1.29, 1.82) is 0 Å². The highest BCUT2D eigenvalue weighted by molar-refractivity contribution is 7.26. The topological polar surface area (TPSA) is 29.3 Å². The summed E-state index contributed by atoms with van der Waals surface area (Å²) in [7, 11) is 0. The number of thiophene rings is 2. The van der Waals surface area contributed by atoms with Crippen molar-refractivity contribution in [2.75, 3.05) is 4.90 Å². The molecular weight excluding hydrogens is 625 g/mol. The molecule has 7 aromatic carbocycles. The van der Waals surface area contributed by atoms with Crippen LogP contribution in [0.15, 0.2) is 162 Å². The number of anilines is 3. The van der Waals surface area contributed by atoms with Crippen molar-refractivity contribution in [3.8, 4) is 22.6 Å². The summed E-state index contributed by atoms with van der Waals surface area (Å²) in [5, 5.41) is 4.85. The van der Waals surface area contributed by atoms with Gasteiger partial charge >= 0.3 is 0 Å². The summed E-state index contributed by atoms with van der Waals surface area (Å²) in [5.41, 5.74) is 8.24. The standard InChI is InChI=1S/C43H26N2OS2/c1-3-13-27(14-4-1)30-17-7-10-20-35(30)45(29-23-24-32-31-18-8-11-21-37(31)47-39(32)25-29)36-26-34-41(46-43(44-34)28-15-5-2-6-16-28)40-33-19-9-12-22-38(33)48-42(36)40/h1-26H. The lowest BCUT2D eigenvalue weighted by atomic mass is 10.0. The van der Waals surface area contributed by atoms with Crippen molar-refractivity contribution < 1.29 is 4.42 Å². The van der Waals surface area contributed by atoms with Crippen molar-refractivity contribution >= 4 is 91.2 Å². The van der Waals surface area contributed by atoms with Crippen LogP contribution in [0.4, 0.5) is 17.1 Å². The monoisotopic (exact) mass is 650 g/mol. The molecule has 0 saturated carbocycles. The lowest BCUT2D eigenvalue weighted by Gasteiger charge is -2.28. The van der Waals surface area contributed by atoms with Crippen molar-refractivity contribution in [3.05, 3.63) is 158 Å². The molecule has 0 aliphatic carbocycles. The van der Waals surface area contributed by atoms with Gasteiger partial charge in [-0.2, -0.15) is 0 Å². The number of rotatable bonds is 5. The largest absolute Gasteiger partial charge is 0.435 e. The molecule has 0 unspecified atom stereocenters. The van der Waals surface area contributed by atoms with Crippen LogP contribution >= 0.6 is 22.7 Å². The maximum atomic E-state index is 6.64. The predicted octanol–water partition coefficient (Wildman–Crippen LogP) is 13.4. The van der Waals surface area contributed by atoms with Crippen LogP contribution < -0.4 is 4.90 Å². The molecule has 0 amide bonds. The fraction of sp³-hybridized carbons (Fsp3) is 0. The average Bonchev–Trinajstić information content (AvgIpc) is 3.86. The molecule has 0 atom stereocenters. The molecule has 0 radical (unpaired) electrons. The Morgan fingerprint density at radius 3 is 1.96 bits per heavy atom. The number of hydrogen-bond donors (Lipinski definition) is 0. The Kier molecular flexibility index (Phi) is 6.22. The van der Waals surface area contributed by atoms with Crippen LogP contribution in [-0.4, -0.2) is 4.98 Å². The molecule has 0 spiro atoms. The Morgan fingerprint density at radius 2 is 1.15 bits per heavy atom. The van der Waals surface area contributed by atoms with E-state index in [4.69, 9.17) is 9.40 Å². The number of fused-ring (bicyclic) bond motifs is 8. The number of oxazole rings is 1. The Hall–Kier alpha value is -5.75. The zero-order valence-electron chi connectivity index (χ0n) is 25.6. The third-order valence-electron chi connectivity index (χ3n) is 9.09. The van der Waals surface area contributed by atoms with Crippen LogP contribution in [0.3, 0.4) is 0 Å². The van der Waals surface area contributed by atoms with Crippen LogP contribution in [-0.2, 0) is 0 Å².